The summed E-state index contributed by atoms with van der Waals surface area (Å²) < 4.78 is 18.0. The van der Waals surface area contributed by atoms with E-state index in [0.29, 0.717) is 16.6 Å². The highest BCUT2D eigenvalue weighted by Crippen LogP contribution is 2.29. The highest BCUT2D eigenvalue weighted by atomic mass is 19.1. The van der Waals surface area contributed by atoms with Gasteiger partial charge in [-0.15, -0.1) is 0 Å². The molecule has 0 bridgehead atoms. The minimum atomic E-state index is -0.350. The van der Waals surface area contributed by atoms with Crippen LogP contribution in [0.25, 0.3) is 10.9 Å². The van der Waals surface area contributed by atoms with Gasteiger partial charge in [0.2, 0.25) is 0 Å². The van der Waals surface area contributed by atoms with Gasteiger partial charge in [-0.05, 0) is 25.1 Å². The third-order valence-corrected chi connectivity index (χ3v) is 3.05. The number of hydrogen-bond donors (Lipinski definition) is 1. The first-order valence-corrected chi connectivity index (χ1v) is 5.90. The average Bonchev–Trinajstić information content (AvgIpc) is 2.40. The van der Waals surface area contributed by atoms with Crippen LogP contribution >= 0.6 is 0 Å². The Bertz CT molecular complexity index is 641. The highest BCUT2D eigenvalue weighted by Gasteiger charge is 2.15. The lowest BCUT2D eigenvalue weighted by Gasteiger charge is -2.14. The van der Waals surface area contributed by atoms with Crippen LogP contribution in [0.2, 0.25) is 0 Å². The molecule has 0 fully saturated rings. The molecule has 4 nitrogen and oxygen atoms in total. The van der Waals surface area contributed by atoms with Gasteiger partial charge in [-0.2, -0.15) is 0 Å². The number of hydrogen-bond acceptors (Lipinski definition) is 4. The fourth-order valence-electron chi connectivity index (χ4n) is 2.12. The number of pyridine rings is 1. The first-order chi connectivity index (χ1) is 9.06. The fraction of sp³-hybridized carbons (Fsp3) is 0.286. The van der Waals surface area contributed by atoms with Gasteiger partial charge in [-0.1, -0.05) is 0 Å². The van der Waals surface area contributed by atoms with Crippen molar-refractivity contribution in [2.45, 2.75) is 13.3 Å². The summed E-state index contributed by atoms with van der Waals surface area (Å²) >= 11 is 0. The molecule has 1 aromatic heterocycles. The van der Waals surface area contributed by atoms with Crippen LogP contribution in [0.15, 0.2) is 18.2 Å². The molecule has 0 saturated carbocycles. The minimum absolute atomic E-state index is 0.109. The molecule has 0 amide bonds. The van der Waals surface area contributed by atoms with E-state index in [2.05, 4.69) is 15.0 Å². The Kier molecular flexibility index (Phi) is 3.64. The standard InChI is InChI=1S/C14H15FN2O2/c1-8-10(7-13(18)19-3)14(16-2)11-6-9(15)4-5-12(11)17-8/h4-6H,7H2,1-3H3,(H,16,17). The summed E-state index contributed by atoms with van der Waals surface area (Å²) in [5, 5.41) is 3.68. The number of halogens is 1. The Balaban J connectivity index is 2.68. The molecular formula is C14H15FN2O2. The summed E-state index contributed by atoms with van der Waals surface area (Å²) in [6.07, 6.45) is 0.109. The van der Waals surface area contributed by atoms with Gasteiger partial charge >= 0.3 is 5.97 Å². The number of fused-ring (bicyclic) bond motifs is 1. The van der Waals surface area contributed by atoms with Crippen LogP contribution in [-0.4, -0.2) is 25.1 Å². The molecule has 100 valence electrons. The van der Waals surface area contributed by atoms with Gasteiger partial charge in [0, 0.05) is 29.4 Å². The maximum Gasteiger partial charge on any atom is 0.310 e. The molecular weight excluding hydrogens is 247 g/mol. The van der Waals surface area contributed by atoms with E-state index in [0.717, 1.165) is 11.3 Å². The van der Waals surface area contributed by atoms with Gasteiger partial charge in [-0.3, -0.25) is 9.78 Å². The van der Waals surface area contributed by atoms with Gasteiger partial charge in [-0.25, -0.2) is 4.39 Å². The van der Waals surface area contributed by atoms with Crippen molar-refractivity contribution >= 4 is 22.6 Å². The van der Waals surface area contributed by atoms with Crippen molar-refractivity contribution in [3.05, 3.63) is 35.3 Å². The van der Waals surface area contributed by atoms with E-state index >= 15 is 0 Å². The Morgan fingerprint density at radius 2 is 2.21 bits per heavy atom. The molecule has 0 aliphatic rings. The van der Waals surface area contributed by atoms with E-state index in [4.69, 9.17) is 0 Å². The summed E-state index contributed by atoms with van der Waals surface area (Å²) in [5.41, 5.74) is 2.87. The molecule has 1 aromatic carbocycles. The SMILES string of the molecule is CNc1c(CC(=O)OC)c(C)nc2ccc(F)cc12. The topological polar surface area (TPSA) is 51.2 Å². The summed E-state index contributed by atoms with van der Waals surface area (Å²) in [7, 11) is 3.07. The number of rotatable bonds is 3. The lowest BCUT2D eigenvalue weighted by Crippen LogP contribution is -2.10. The van der Waals surface area contributed by atoms with E-state index in [1.165, 1.54) is 19.2 Å². The molecule has 2 rings (SSSR count). The number of esters is 1. The zero-order valence-corrected chi connectivity index (χ0v) is 11.1. The molecule has 0 radical (unpaired) electrons. The van der Waals surface area contributed by atoms with Crippen molar-refractivity contribution in [2.24, 2.45) is 0 Å². The predicted octanol–water partition coefficient (Wildman–Crippen LogP) is 2.44. The average molecular weight is 262 g/mol. The molecule has 0 spiro atoms. The lowest BCUT2D eigenvalue weighted by atomic mass is 10.0. The number of benzene rings is 1. The van der Waals surface area contributed by atoms with Gasteiger partial charge in [0.05, 0.1) is 19.0 Å². The smallest absolute Gasteiger partial charge is 0.310 e. The lowest BCUT2D eigenvalue weighted by molar-refractivity contribution is -0.139. The Morgan fingerprint density at radius 3 is 2.84 bits per heavy atom. The van der Waals surface area contributed by atoms with Crippen LogP contribution in [0.1, 0.15) is 11.3 Å². The van der Waals surface area contributed by atoms with Gasteiger partial charge in [0.1, 0.15) is 5.82 Å². The zero-order chi connectivity index (χ0) is 14.0. The van der Waals surface area contributed by atoms with E-state index < -0.39 is 0 Å². The van der Waals surface area contributed by atoms with E-state index in [1.807, 2.05) is 6.92 Å². The summed E-state index contributed by atoms with van der Waals surface area (Å²) in [5.74, 6) is -0.684. The summed E-state index contributed by atoms with van der Waals surface area (Å²) in [6.45, 7) is 1.82. The van der Waals surface area contributed by atoms with E-state index in [9.17, 15) is 9.18 Å². The highest BCUT2D eigenvalue weighted by molar-refractivity contribution is 5.94. The molecule has 1 heterocycles. The number of aromatic nitrogens is 1. The maximum absolute atomic E-state index is 13.4. The second-order valence-corrected chi connectivity index (χ2v) is 4.22. The third kappa shape index (κ3) is 2.50. The van der Waals surface area contributed by atoms with Crippen molar-refractivity contribution < 1.29 is 13.9 Å². The van der Waals surface area contributed by atoms with Gasteiger partial charge in [0.25, 0.3) is 0 Å². The monoisotopic (exact) mass is 262 g/mol. The van der Waals surface area contributed by atoms with Crippen LogP contribution in [0.5, 0.6) is 0 Å². The number of nitrogens with one attached hydrogen (secondary N) is 1. The quantitative estimate of drug-likeness (QED) is 0.863. The number of nitrogens with zero attached hydrogens (tertiary/aromatic N) is 1. The van der Waals surface area contributed by atoms with Gasteiger partial charge in [0.15, 0.2) is 0 Å². The zero-order valence-electron chi connectivity index (χ0n) is 11.1. The number of ether oxygens (including phenoxy) is 1. The summed E-state index contributed by atoms with van der Waals surface area (Å²) in [6, 6.07) is 4.41. The first-order valence-electron chi connectivity index (χ1n) is 5.90. The van der Waals surface area contributed by atoms with Crippen molar-refractivity contribution in [3.63, 3.8) is 0 Å². The molecule has 0 unspecified atom stereocenters. The van der Waals surface area contributed by atoms with E-state index in [1.54, 1.807) is 13.1 Å². The molecule has 0 atom stereocenters. The Morgan fingerprint density at radius 1 is 1.47 bits per heavy atom. The number of methoxy groups -OCH3 is 1. The second kappa shape index (κ2) is 5.22. The number of aryl methyl sites for hydroxylation is 1. The van der Waals surface area contributed by atoms with Crippen LogP contribution in [-0.2, 0) is 16.0 Å². The van der Waals surface area contributed by atoms with Crippen molar-refractivity contribution in [2.75, 3.05) is 19.5 Å². The minimum Gasteiger partial charge on any atom is -0.469 e. The second-order valence-electron chi connectivity index (χ2n) is 4.22. The first kappa shape index (κ1) is 13.3. The van der Waals surface area contributed by atoms with Crippen LogP contribution in [0, 0.1) is 12.7 Å². The molecule has 0 aliphatic carbocycles. The van der Waals surface area contributed by atoms with Crippen LogP contribution < -0.4 is 5.32 Å². The maximum atomic E-state index is 13.4. The molecule has 5 heteroatoms. The fourth-order valence-corrected chi connectivity index (χ4v) is 2.12. The number of carbonyl (C=O) groups excluding carboxylic acids is 1. The van der Waals surface area contributed by atoms with Crippen molar-refractivity contribution in [1.29, 1.82) is 0 Å². The summed E-state index contributed by atoms with van der Waals surface area (Å²) in [4.78, 5) is 15.9. The Hall–Kier alpha value is -2.17. The van der Waals surface area contributed by atoms with Crippen LogP contribution in [0.3, 0.4) is 0 Å². The predicted molar refractivity (Wildman–Crippen MR) is 71.7 cm³/mol. The molecule has 0 aliphatic heterocycles. The molecule has 0 saturated heterocycles. The van der Waals surface area contributed by atoms with Crippen molar-refractivity contribution in [3.8, 4) is 0 Å². The molecule has 19 heavy (non-hydrogen) atoms. The van der Waals surface area contributed by atoms with E-state index in [-0.39, 0.29) is 18.2 Å². The molecule has 1 N–H and O–H groups in total. The number of carbonyl (C=O) groups is 1. The Labute approximate surface area is 110 Å². The normalized spacial score (nSPS) is 10.5. The third-order valence-electron chi connectivity index (χ3n) is 3.05. The van der Waals surface area contributed by atoms with Crippen LogP contribution in [0.4, 0.5) is 10.1 Å². The van der Waals surface area contributed by atoms with Gasteiger partial charge < -0.3 is 10.1 Å². The largest absolute Gasteiger partial charge is 0.469 e. The molecule has 2 aromatic rings. The number of anilines is 1. The van der Waals surface area contributed by atoms with Crippen molar-refractivity contribution in [1.82, 2.24) is 4.98 Å².